The number of amides is 2. The number of aromatic nitrogens is 2. The summed E-state index contributed by atoms with van der Waals surface area (Å²) in [5.41, 5.74) is 3.90. The molecule has 3 heterocycles. The number of anilines is 2. The van der Waals surface area contributed by atoms with Crippen LogP contribution in [-0.4, -0.2) is 48.1 Å². The van der Waals surface area contributed by atoms with Gasteiger partial charge in [0, 0.05) is 42.4 Å². The molecule has 2 amide bonds. The molecule has 2 aliphatic rings. The molecule has 0 saturated carbocycles. The van der Waals surface area contributed by atoms with Gasteiger partial charge in [0.2, 0.25) is 0 Å². The highest BCUT2D eigenvalue weighted by Gasteiger charge is 2.30. The molecule has 0 unspecified atom stereocenters. The molecule has 2 aliphatic heterocycles. The average molecular weight is 551 g/mol. The highest BCUT2D eigenvalue weighted by molar-refractivity contribution is 9.12. The van der Waals surface area contributed by atoms with Crippen molar-refractivity contribution in [2.45, 2.75) is 23.3 Å². The number of benzene rings is 2. The van der Waals surface area contributed by atoms with Crippen molar-refractivity contribution >= 4 is 50.9 Å². The van der Waals surface area contributed by atoms with Crippen molar-refractivity contribution in [1.29, 1.82) is 0 Å². The van der Waals surface area contributed by atoms with Gasteiger partial charge in [-0.25, -0.2) is 14.9 Å². The van der Waals surface area contributed by atoms with Crippen LogP contribution in [0.4, 0.5) is 11.4 Å². The molecule has 178 valence electrons. The number of hydrogen-bond donors (Lipinski definition) is 0. The molecule has 0 atom stereocenters. The second-order valence-corrected chi connectivity index (χ2v) is 10.2. The molecule has 0 radical (unpaired) electrons. The third-order valence-corrected chi connectivity index (χ3v) is 7.52. The smallest absolute Gasteiger partial charge is 0.272 e. The molecule has 1 aromatic heterocycles. The number of carbonyl (C=O) groups is 2. The maximum absolute atomic E-state index is 12.2. The van der Waals surface area contributed by atoms with Crippen LogP contribution in [-0.2, 0) is 20.7 Å². The summed E-state index contributed by atoms with van der Waals surface area (Å²) in [6.45, 7) is 5.36. The maximum atomic E-state index is 12.2. The molecule has 0 N–H and O–H groups in total. The van der Waals surface area contributed by atoms with Gasteiger partial charge in [-0.05, 0) is 70.4 Å². The molecule has 1 saturated heterocycles. The van der Waals surface area contributed by atoms with Gasteiger partial charge in [-0.2, -0.15) is 0 Å². The Morgan fingerprint density at radius 1 is 1.00 bits per heavy atom. The first-order valence-corrected chi connectivity index (χ1v) is 12.9. The fourth-order valence-electron chi connectivity index (χ4n) is 3.94. The van der Waals surface area contributed by atoms with Crippen LogP contribution in [0.2, 0.25) is 0 Å². The van der Waals surface area contributed by atoms with Crippen molar-refractivity contribution in [2.24, 2.45) is 0 Å². The van der Waals surface area contributed by atoms with E-state index >= 15 is 0 Å². The Kier molecular flexibility index (Phi) is 6.99. The summed E-state index contributed by atoms with van der Waals surface area (Å²) in [7, 11) is 0. The van der Waals surface area contributed by atoms with E-state index in [1.807, 2.05) is 25.3 Å². The van der Waals surface area contributed by atoms with E-state index in [1.165, 1.54) is 23.5 Å². The molecule has 3 aromatic rings. The van der Waals surface area contributed by atoms with Crippen LogP contribution in [0.3, 0.4) is 0 Å². The number of carbonyl (C=O) groups excluding carboxylic acids is 2. The van der Waals surface area contributed by atoms with Gasteiger partial charge in [0.15, 0.2) is 0 Å². The van der Waals surface area contributed by atoms with Crippen molar-refractivity contribution in [3.05, 3.63) is 82.2 Å². The molecule has 0 bridgehead atoms. The molecular weight excluding hydrogens is 528 g/mol. The SMILES string of the molecule is Cc1cnc(Cc2ccc(N3CCOCC3)cc2)nc1Sc1ccc(N2C(=O)C=C(Br)C2=O)cc1. The lowest BCUT2D eigenvalue weighted by atomic mass is 10.1. The van der Waals surface area contributed by atoms with Crippen LogP contribution in [0.5, 0.6) is 0 Å². The molecule has 2 aromatic carbocycles. The summed E-state index contributed by atoms with van der Waals surface area (Å²) in [6, 6.07) is 15.9. The van der Waals surface area contributed by atoms with Gasteiger partial charge >= 0.3 is 0 Å². The van der Waals surface area contributed by atoms with Gasteiger partial charge in [-0.3, -0.25) is 9.59 Å². The lowest BCUT2D eigenvalue weighted by molar-refractivity contribution is -0.120. The predicted molar refractivity (Wildman–Crippen MR) is 139 cm³/mol. The Morgan fingerprint density at radius 3 is 2.34 bits per heavy atom. The predicted octanol–water partition coefficient (Wildman–Crippen LogP) is 4.52. The largest absolute Gasteiger partial charge is 0.378 e. The van der Waals surface area contributed by atoms with Gasteiger partial charge in [-0.1, -0.05) is 23.9 Å². The second kappa shape index (κ2) is 10.3. The number of morpholine rings is 1. The van der Waals surface area contributed by atoms with E-state index in [0.717, 1.165) is 58.1 Å². The molecule has 0 spiro atoms. The summed E-state index contributed by atoms with van der Waals surface area (Å²) < 4.78 is 5.70. The summed E-state index contributed by atoms with van der Waals surface area (Å²) in [4.78, 5) is 38.0. The van der Waals surface area contributed by atoms with E-state index in [4.69, 9.17) is 9.72 Å². The highest BCUT2D eigenvalue weighted by atomic mass is 79.9. The highest BCUT2D eigenvalue weighted by Crippen LogP contribution is 2.32. The minimum Gasteiger partial charge on any atom is -0.378 e. The van der Waals surface area contributed by atoms with Crippen LogP contribution >= 0.6 is 27.7 Å². The van der Waals surface area contributed by atoms with Gasteiger partial charge in [0.1, 0.15) is 10.9 Å². The zero-order valence-corrected chi connectivity index (χ0v) is 21.5. The van der Waals surface area contributed by atoms with Crippen molar-refractivity contribution in [1.82, 2.24) is 9.97 Å². The topological polar surface area (TPSA) is 75.6 Å². The summed E-state index contributed by atoms with van der Waals surface area (Å²) >= 11 is 4.66. The first-order chi connectivity index (χ1) is 17.0. The van der Waals surface area contributed by atoms with Crippen molar-refractivity contribution < 1.29 is 14.3 Å². The molecule has 9 heteroatoms. The summed E-state index contributed by atoms with van der Waals surface area (Å²) in [5.74, 6) is 0.0548. The molecule has 1 fully saturated rings. The number of aryl methyl sites for hydroxylation is 1. The molecule has 0 aliphatic carbocycles. The fraction of sp³-hybridized carbons (Fsp3) is 0.231. The molecule has 5 rings (SSSR count). The van der Waals surface area contributed by atoms with Crippen molar-refractivity contribution in [2.75, 3.05) is 36.1 Å². The quantitative estimate of drug-likeness (QED) is 0.330. The Morgan fingerprint density at radius 2 is 1.69 bits per heavy atom. The first-order valence-electron chi connectivity index (χ1n) is 11.3. The van der Waals surface area contributed by atoms with E-state index in [1.54, 1.807) is 12.1 Å². The van der Waals surface area contributed by atoms with E-state index in [0.29, 0.717) is 12.1 Å². The number of hydrogen-bond acceptors (Lipinski definition) is 7. The lowest BCUT2D eigenvalue weighted by Crippen LogP contribution is -2.36. The third kappa shape index (κ3) is 5.32. The lowest BCUT2D eigenvalue weighted by Gasteiger charge is -2.28. The standard InChI is InChI=1S/C26H23BrN4O3S/c1-17-16-28-23(14-18-2-4-19(5-3-18)30-10-12-34-13-11-30)29-25(17)35-21-8-6-20(7-9-21)31-24(32)15-22(27)26(31)33/h2-9,15-16H,10-14H2,1H3. The summed E-state index contributed by atoms with van der Waals surface area (Å²) in [6.07, 6.45) is 3.79. The average Bonchev–Trinajstić information content (AvgIpc) is 3.13. The molecular formula is C26H23BrN4O3S. The minimum absolute atomic E-state index is 0.265. The Labute approximate surface area is 216 Å². The Bertz CT molecular complexity index is 1290. The zero-order chi connectivity index (χ0) is 24.4. The normalized spacial score (nSPS) is 16.1. The monoisotopic (exact) mass is 550 g/mol. The summed E-state index contributed by atoms with van der Waals surface area (Å²) in [5, 5.41) is 0.880. The van der Waals surface area contributed by atoms with Crippen molar-refractivity contribution in [3.8, 4) is 0 Å². The maximum Gasteiger partial charge on any atom is 0.272 e. The van der Waals surface area contributed by atoms with Crippen LogP contribution < -0.4 is 9.80 Å². The van der Waals surface area contributed by atoms with E-state index in [9.17, 15) is 9.59 Å². The number of rotatable bonds is 6. The Balaban J connectivity index is 1.26. The van der Waals surface area contributed by atoms with Gasteiger partial charge in [0.25, 0.3) is 11.8 Å². The Hall–Kier alpha value is -3.01. The van der Waals surface area contributed by atoms with Gasteiger partial charge in [0.05, 0.1) is 23.4 Å². The number of ether oxygens (including phenoxy) is 1. The second-order valence-electron chi connectivity index (χ2n) is 8.28. The van der Waals surface area contributed by atoms with Gasteiger partial charge < -0.3 is 9.64 Å². The van der Waals surface area contributed by atoms with Crippen LogP contribution in [0.1, 0.15) is 17.0 Å². The minimum atomic E-state index is -0.357. The number of halogens is 1. The zero-order valence-electron chi connectivity index (χ0n) is 19.1. The van der Waals surface area contributed by atoms with Gasteiger partial charge in [-0.15, -0.1) is 0 Å². The van der Waals surface area contributed by atoms with Crippen LogP contribution in [0, 0.1) is 6.92 Å². The van der Waals surface area contributed by atoms with Crippen molar-refractivity contribution in [3.63, 3.8) is 0 Å². The van der Waals surface area contributed by atoms with E-state index < -0.39 is 0 Å². The molecule has 7 nitrogen and oxygen atoms in total. The first kappa shape index (κ1) is 23.7. The third-order valence-electron chi connectivity index (χ3n) is 5.84. The number of imide groups is 1. The van der Waals surface area contributed by atoms with E-state index in [2.05, 4.69) is 50.1 Å². The number of nitrogens with zero attached hydrogens (tertiary/aromatic N) is 4. The van der Waals surface area contributed by atoms with Crippen LogP contribution in [0.15, 0.2) is 75.2 Å². The van der Waals surface area contributed by atoms with Crippen LogP contribution in [0.25, 0.3) is 0 Å². The molecule has 35 heavy (non-hydrogen) atoms. The fourth-order valence-corrected chi connectivity index (χ4v) is 5.17. The van der Waals surface area contributed by atoms with E-state index in [-0.39, 0.29) is 16.3 Å².